The summed E-state index contributed by atoms with van der Waals surface area (Å²) in [5.74, 6) is 1.60. The van der Waals surface area contributed by atoms with E-state index in [2.05, 4.69) is 66.8 Å². The Morgan fingerprint density at radius 1 is 1.00 bits per heavy atom. The van der Waals surface area contributed by atoms with Gasteiger partial charge in [0.1, 0.15) is 5.75 Å². The van der Waals surface area contributed by atoms with Gasteiger partial charge in [0.2, 0.25) is 0 Å². The Bertz CT molecular complexity index is 917. The lowest BCUT2D eigenvalue weighted by Crippen LogP contribution is -2.33. The number of nitrogens with one attached hydrogen (secondary N) is 1. The number of ether oxygens (including phenoxy) is 1. The summed E-state index contributed by atoms with van der Waals surface area (Å²) < 4.78 is 5.41. The third kappa shape index (κ3) is 4.01. The van der Waals surface area contributed by atoms with E-state index in [4.69, 9.17) is 4.74 Å². The number of hydrogen-bond acceptors (Lipinski definition) is 2. The molecule has 4 rings (SSSR count). The molecule has 140 valence electrons. The molecule has 0 saturated heterocycles. The highest BCUT2D eigenvalue weighted by Gasteiger charge is 2.23. The monoisotopic (exact) mass is 359 g/mol. The molecule has 2 unspecified atom stereocenters. The van der Waals surface area contributed by atoms with Crippen molar-refractivity contribution in [1.82, 2.24) is 5.32 Å². The molecule has 2 heteroatoms. The largest absolute Gasteiger partial charge is 0.497 e. The van der Waals surface area contributed by atoms with Gasteiger partial charge >= 0.3 is 0 Å². The van der Waals surface area contributed by atoms with E-state index in [0.29, 0.717) is 12.0 Å². The third-order valence-electron chi connectivity index (χ3n) is 6.13. The summed E-state index contributed by atoms with van der Waals surface area (Å²) in [6, 6.07) is 22.4. The summed E-state index contributed by atoms with van der Waals surface area (Å²) in [6.45, 7) is 3.20. The molecule has 0 spiro atoms. The number of fused-ring (bicyclic) bond motifs is 1. The average molecular weight is 360 g/mol. The van der Waals surface area contributed by atoms with Gasteiger partial charge < -0.3 is 10.1 Å². The molecule has 0 amide bonds. The lowest BCUT2D eigenvalue weighted by Gasteiger charge is -2.30. The summed E-state index contributed by atoms with van der Waals surface area (Å²) in [7, 11) is 1.75. The van der Waals surface area contributed by atoms with Crippen molar-refractivity contribution in [2.24, 2.45) is 0 Å². The van der Waals surface area contributed by atoms with Crippen LogP contribution in [0.4, 0.5) is 0 Å². The predicted octanol–water partition coefficient (Wildman–Crippen LogP) is 5.97. The molecule has 2 atom stereocenters. The summed E-state index contributed by atoms with van der Waals surface area (Å²) in [4.78, 5) is 0. The normalized spacial score (nSPS) is 19.9. The van der Waals surface area contributed by atoms with Gasteiger partial charge in [-0.25, -0.2) is 0 Å². The van der Waals surface area contributed by atoms with Gasteiger partial charge in [0.05, 0.1) is 7.11 Å². The van der Waals surface area contributed by atoms with Crippen LogP contribution in [0.2, 0.25) is 0 Å². The first-order valence-corrected chi connectivity index (χ1v) is 10.1. The van der Waals surface area contributed by atoms with E-state index in [9.17, 15) is 0 Å². The van der Waals surface area contributed by atoms with Gasteiger partial charge in [0, 0.05) is 12.6 Å². The zero-order chi connectivity index (χ0) is 18.6. The molecule has 0 radical (unpaired) electrons. The smallest absolute Gasteiger partial charge is 0.119 e. The molecule has 3 aromatic carbocycles. The molecule has 1 aliphatic carbocycles. The van der Waals surface area contributed by atoms with Crippen molar-refractivity contribution in [2.75, 3.05) is 7.11 Å². The number of rotatable bonds is 5. The molecular formula is C25H29NO. The number of hydrogen-bond donors (Lipinski definition) is 1. The van der Waals surface area contributed by atoms with Gasteiger partial charge in [-0.2, -0.15) is 0 Å². The molecular weight excluding hydrogens is 330 g/mol. The standard InChI is InChI=1S/C25H29NO/c1-18-22(14-13-19-7-3-4-12-25(18)19)17-26-23-10-5-8-20(15-23)21-9-6-11-24(16-21)27-2/h3-4,6-7,9,11-14,16,20,23,26H,5,8,10,15,17H2,1-2H3. The molecule has 3 aromatic rings. The Labute approximate surface area is 162 Å². The number of aryl methyl sites for hydroxylation is 1. The van der Waals surface area contributed by atoms with E-state index in [1.807, 2.05) is 6.07 Å². The van der Waals surface area contributed by atoms with Crippen LogP contribution >= 0.6 is 0 Å². The molecule has 1 N–H and O–H groups in total. The zero-order valence-corrected chi connectivity index (χ0v) is 16.4. The Kier molecular flexibility index (Phi) is 5.45. The van der Waals surface area contributed by atoms with Gasteiger partial charge in [-0.05, 0) is 71.7 Å². The van der Waals surface area contributed by atoms with Crippen molar-refractivity contribution in [1.29, 1.82) is 0 Å². The van der Waals surface area contributed by atoms with Crippen LogP contribution in [-0.2, 0) is 6.54 Å². The van der Waals surface area contributed by atoms with Gasteiger partial charge in [0.25, 0.3) is 0 Å². The number of benzene rings is 3. The maximum Gasteiger partial charge on any atom is 0.119 e. The third-order valence-corrected chi connectivity index (χ3v) is 6.13. The van der Waals surface area contributed by atoms with Crippen LogP contribution < -0.4 is 10.1 Å². The molecule has 0 heterocycles. The summed E-state index contributed by atoms with van der Waals surface area (Å²) in [6.07, 6.45) is 5.05. The first-order chi connectivity index (χ1) is 13.2. The predicted molar refractivity (Wildman–Crippen MR) is 114 cm³/mol. The van der Waals surface area contributed by atoms with Gasteiger partial charge in [-0.3, -0.25) is 0 Å². The van der Waals surface area contributed by atoms with Crippen LogP contribution in [0, 0.1) is 6.92 Å². The van der Waals surface area contributed by atoms with Crippen LogP contribution in [0.1, 0.15) is 48.3 Å². The van der Waals surface area contributed by atoms with Gasteiger partial charge in [0.15, 0.2) is 0 Å². The minimum absolute atomic E-state index is 0.584. The Morgan fingerprint density at radius 3 is 2.78 bits per heavy atom. The Balaban J connectivity index is 1.43. The van der Waals surface area contributed by atoms with Crippen molar-refractivity contribution >= 4 is 10.8 Å². The highest BCUT2D eigenvalue weighted by molar-refractivity contribution is 5.86. The fourth-order valence-electron chi connectivity index (χ4n) is 4.49. The topological polar surface area (TPSA) is 21.3 Å². The summed E-state index contributed by atoms with van der Waals surface area (Å²) in [5, 5.41) is 6.54. The van der Waals surface area contributed by atoms with Crippen LogP contribution in [0.25, 0.3) is 10.8 Å². The fraction of sp³-hybridized carbons (Fsp3) is 0.360. The summed E-state index contributed by atoms with van der Waals surface area (Å²) >= 11 is 0. The highest BCUT2D eigenvalue weighted by atomic mass is 16.5. The second kappa shape index (κ2) is 8.14. The van der Waals surface area contributed by atoms with E-state index in [0.717, 1.165) is 12.3 Å². The molecule has 27 heavy (non-hydrogen) atoms. The lowest BCUT2D eigenvalue weighted by atomic mass is 9.81. The average Bonchev–Trinajstić information content (AvgIpc) is 2.74. The first kappa shape index (κ1) is 18.1. The van der Waals surface area contributed by atoms with Crippen molar-refractivity contribution in [2.45, 2.75) is 51.1 Å². The minimum atomic E-state index is 0.584. The molecule has 0 aromatic heterocycles. The fourth-order valence-corrected chi connectivity index (χ4v) is 4.49. The van der Waals surface area contributed by atoms with E-state index in [1.54, 1.807) is 7.11 Å². The molecule has 1 aliphatic rings. The zero-order valence-electron chi connectivity index (χ0n) is 16.4. The molecule has 1 saturated carbocycles. The second-order valence-electron chi connectivity index (χ2n) is 7.79. The highest BCUT2D eigenvalue weighted by Crippen LogP contribution is 2.34. The first-order valence-electron chi connectivity index (χ1n) is 10.1. The quantitative estimate of drug-likeness (QED) is 0.606. The maximum absolute atomic E-state index is 5.41. The molecule has 2 nitrogen and oxygen atoms in total. The Hall–Kier alpha value is -2.32. The van der Waals surface area contributed by atoms with Crippen molar-refractivity contribution in [3.05, 3.63) is 77.4 Å². The SMILES string of the molecule is COc1cccc(C2CCCC(NCc3ccc4ccccc4c3C)C2)c1. The van der Waals surface area contributed by atoms with Crippen molar-refractivity contribution in [3.63, 3.8) is 0 Å². The van der Waals surface area contributed by atoms with Crippen LogP contribution in [-0.4, -0.2) is 13.2 Å². The van der Waals surface area contributed by atoms with Crippen molar-refractivity contribution < 1.29 is 4.74 Å². The minimum Gasteiger partial charge on any atom is -0.497 e. The van der Waals surface area contributed by atoms with Crippen LogP contribution in [0.3, 0.4) is 0 Å². The second-order valence-corrected chi connectivity index (χ2v) is 7.79. The molecule has 0 aliphatic heterocycles. The Morgan fingerprint density at radius 2 is 1.89 bits per heavy atom. The van der Waals surface area contributed by atoms with E-state index in [1.165, 1.54) is 53.1 Å². The van der Waals surface area contributed by atoms with Gasteiger partial charge in [-0.1, -0.05) is 55.0 Å². The summed E-state index contributed by atoms with van der Waals surface area (Å²) in [5.41, 5.74) is 4.24. The van der Waals surface area contributed by atoms with E-state index in [-0.39, 0.29) is 0 Å². The number of methoxy groups -OCH3 is 1. The van der Waals surface area contributed by atoms with E-state index >= 15 is 0 Å². The van der Waals surface area contributed by atoms with E-state index < -0.39 is 0 Å². The van der Waals surface area contributed by atoms with Crippen molar-refractivity contribution in [3.8, 4) is 5.75 Å². The molecule has 1 fully saturated rings. The maximum atomic E-state index is 5.41. The van der Waals surface area contributed by atoms with Gasteiger partial charge in [-0.15, -0.1) is 0 Å². The molecule has 0 bridgehead atoms. The van der Waals surface area contributed by atoms with Crippen LogP contribution in [0.5, 0.6) is 5.75 Å². The lowest BCUT2D eigenvalue weighted by molar-refractivity contribution is 0.337. The van der Waals surface area contributed by atoms with Crippen LogP contribution in [0.15, 0.2) is 60.7 Å².